The van der Waals surface area contributed by atoms with Gasteiger partial charge in [-0.1, -0.05) is 46.3 Å². The summed E-state index contributed by atoms with van der Waals surface area (Å²) in [6.45, 7) is -0.537. The molecule has 0 amide bonds. The number of carbonyl (C=O) groups excluding carboxylic acids is 1. The molecule has 1 aromatic heterocycles. The molecule has 0 unspecified atom stereocenters. The van der Waals surface area contributed by atoms with Crippen LogP contribution in [0, 0.1) is 17.5 Å². The molecule has 0 radical (unpaired) electrons. The van der Waals surface area contributed by atoms with Gasteiger partial charge in [-0.3, -0.25) is 0 Å². The summed E-state index contributed by atoms with van der Waals surface area (Å²) in [7, 11) is 0. The van der Waals surface area contributed by atoms with Crippen LogP contribution in [0.2, 0.25) is 0 Å². The third kappa shape index (κ3) is 5.52. The number of carbonyl (C=O) groups is 1. The fourth-order valence-electron chi connectivity index (χ4n) is 3.33. The summed E-state index contributed by atoms with van der Waals surface area (Å²) >= 11 is 3.41. The number of benzene rings is 3. The van der Waals surface area contributed by atoms with Crippen molar-refractivity contribution in [2.45, 2.75) is 6.61 Å². The fraction of sp³-hybridized carbons (Fsp3) is 0.0400. The number of ether oxygens (including phenoxy) is 1. The second-order valence-electron chi connectivity index (χ2n) is 6.99. The van der Waals surface area contributed by atoms with Crippen molar-refractivity contribution in [3.05, 3.63) is 106 Å². The topological polar surface area (TPSA) is 62.2 Å². The predicted octanol–water partition coefficient (Wildman–Crippen LogP) is 2.54. The van der Waals surface area contributed by atoms with Crippen molar-refractivity contribution in [1.82, 2.24) is 4.98 Å². The number of halogens is 4. The zero-order valence-electron chi connectivity index (χ0n) is 17.8. The number of aromatic nitrogens is 1. The first kappa shape index (κ1) is 26.0. The predicted molar refractivity (Wildman–Crippen MR) is 118 cm³/mol. The van der Waals surface area contributed by atoms with Gasteiger partial charge in [0.2, 0.25) is 0 Å². The SMILES string of the molecule is O=C([O-])c1cccc(-c2ccccc2-c2cc(Br)ccc2OCc2c(F)ccc(F)c2F)n1.[Na+]. The van der Waals surface area contributed by atoms with Gasteiger partial charge < -0.3 is 14.6 Å². The maximum Gasteiger partial charge on any atom is 1.00 e. The number of aromatic carboxylic acids is 1. The van der Waals surface area contributed by atoms with E-state index in [1.54, 1.807) is 54.6 Å². The minimum atomic E-state index is -1.40. The van der Waals surface area contributed by atoms with Crippen LogP contribution in [0.15, 0.2) is 77.3 Å². The molecule has 0 saturated heterocycles. The molecular formula is C25H14BrF3NNaO3. The van der Waals surface area contributed by atoms with Gasteiger partial charge in [0.1, 0.15) is 18.2 Å². The van der Waals surface area contributed by atoms with E-state index in [2.05, 4.69) is 20.9 Å². The molecule has 0 atom stereocenters. The Morgan fingerprint density at radius 2 is 1.59 bits per heavy atom. The van der Waals surface area contributed by atoms with Crippen molar-refractivity contribution in [3.8, 4) is 28.1 Å². The van der Waals surface area contributed by atoms with Crippen LogP contribution in [0.1, 0.15) is 16.1 Å². The smallest absolute Gasteiger partial charge is 0.543 e. The van der Waals surface area contributed by atoms with Gasteiger partial charge in [-0.05, 0) is 48.0 Å². The van der Waals surface area contributed by atoms with Crippen molar-refractivity contribution >= 4 is 21.9 Å². The maximum absolute atomic E-state index is 14.1. The van der Waals surface area contributed by atoms with Crippen LogP contribution in [0.5, 0.6) is 5.75 Å². The first-order valence-electron chi connectivity index (χ1n) is 9.68. The number of pyridine rings is 1. The van der Waals surface area contributed by atoms with E-state index in [0.29, 0.717) is 32.9 Å². The van der Waals surface area contributed by atoms with Crippen LogP contribution in [-0.2, 0) is 6.61 Å². The molecule has 0 aliphatic heterocycles. The third-order valence-electron chi connectivity index (χ3n) is 4.90. The van der Waals surface area contributed by atoms with Crippen molar-refractivity contribution in [3.63, 3.8) is 0 Å². The van der Waals surface area contributed by atoms with E-state index in [4.69, 9.17) is 4.74 Å². The van der Waals surface area contributed by atoms with E-state index in [0.717, 1.165) is 6.07 Å². The van der Waals surface area contributed by atoms with Crippen molar-refractivity contribution in [2.75, 3.05) is 0 Å². The van der Waals surface area contributed by atoms with Crippen LogP contribution in [0.3, 0.4) is 0 Å². The van der Waals surface area contributed by atoms with Gasteiger partial charge in [0.05, 0.1) is 22.9 Å². The molecular weight excluding hydrogens is 522 g/mol. The molecule has 0 spiro atoms. The Morgan fingerprint density at radius 1 is 0.882 bits per heavy atom. The minimum absolute atomic E-state index is 0. The molecule has 3 aromatic carbocycles. The van der Waals surface area contributed by atoms with Gasteiger partial charge >= 0.3 is 29.6 Å². The largest absolute Gasteiger partial charge is 1.00 e. The van der Waals surface area contributed by atoms with Crippen LogP contribution >= 0.6 is 15.9 Å². The van der Waals surface area contributed by atoms with Crippen LogP contribution in [0.4, 0.5) is 13.2 Å². The Hall–Kier alpha value is -2.65. The second kappa shape index (κ2) is 11.2. The van der Waals surface area contributed by atoms with Gasteiger partial charge in [0.25, 0.3) is 0 Å². The first-order chi connectivity index (χ1) is 15.8. The zero-order chi connectivity index (χ0) is 23.5. The van der Waals surface area contributed by atoms with E-state index < -0.39 is 35.6 Å². The summed E-state index contributed by atoms with van der Waals surface area (Å²) < 4.78 is 48.1. The molecule has 0 saturated carbocycles. The molecule has 0 fully saturated rings. The molecule has 4 rings (SSSR count). The fourth-order valence-corrected chi connectivity index (χ4v) is 3.69. The summed E-state index contributed by atoms with van der Waals surface area (Å²) in [6, 6.07) is 18.2. The maximum atomic E-state index is 14.1. The minimum Gasteiger partial charge on any atom is -0.543 e. The van der Waals surface area contributed by atoms with Gasteiger partial charge in [-0.2, -0.15) is 0 Å². The van der Waals surface area contributed by atoms with E-state index >= 15 is 0 Å². The van der Waals surface area contributed by atoms with E-state index in [1.807, 2.05) is 0 Å². The molecule has 166 valence electrons. The third-order valence-corrected chi connectivity index (χ3v) is 5.40. The number of carboxylic acid groups (broad SMARTS) is 1. The van der Waals surface area contributed by atoms with Crippen molar-refractivity contribution in [2.24, 2.45) is 0 Å². The molecule has 0 aliphatic rings. The quantitative estimate of drug-likeness (QED) is 0.281. The molecule has 1 heterocycles. The van der Waals surface area contributed by atoms with Gasteiger partial charge in [0, 0.05) is 15.6 Å². The average Bonchev–Trinajstić information content (AvgIpc) is 2.82. The number of nitrogens with zero attached hydrogens (tertiary/aromatic N) is 1. The summed E-state index contributed by atoms with van der Waals surface area (Å²) in [4.78, 5) is 15.4. The van der Waals surface area contributed by atoms with Crippen molar-refractivity contribution < 1.29 is 57.4 Å². The Kier molecular flexibility index (Phi) is 8.54. The molecule has 0 N–H and O–H groups in total. The van der Waals surface area contributed by atoms with Gasteiger partial charge in [-0.15, -0.1) is 0 Å². The van der Waals surface area contributed by atoms with E-state index in [-0.39, 0.29) is 41.0 Å². The molecule has 34 heavy (non-hydrogen) atoms. The Labute approximate surface area is 223 Å². The summed E-state index contributed by atoms with van der Waals surface area (Å²) in [6.07, 6.45) is 0. The molecule has 4 aromatic rings. The van der Waals surface area contributed by atoms with Crippen molar-refractivity contribution in [1.29, 1.82) is 0 Å². The summed E-state index contributed by atoms with van der Waals surface area (Å²) in [5, 5.41) is 11.2. The van der Waals surface area contributed by atoms with E-state index in [1.165, 1.54) is 6.07 Å². The van der Waals surface area contributed by atoms with Crippen LogP contribution in [-0.4, -0.2) is 11.0 Å². The first-order valence-corrected chi connectivity index (χ1v) is 10.5. The summed E-state index contributed by atoms with van der Waals surface area (Å²) in [5.74, 6) is -4.52. The zero-order valence-corrected chi connectivity index (χ0v) is 21.4. The monoisotopic (exact) mass is 535 g/mol. The standard InChI is InChI=1S/C25H15BrF3NO3.Na/c26-14-8-11-23(33-13-18-19(27)9-10-20(28)24(18)29)17(12-14)15-4-1-2-5-16(15)21-6-3-7-22(30-21)25(31)32;/h1-12H,13H2,(H,31,32);/q;+1/p-1. The Morgan fingerprint density at radius 3 is 2.32 bits per heavy atom. The average molecular weight is 536 g/mol. The molecule has 9 heteroatoms. The second-order valence-corrected chi connectivity index (χ2v) is 7.91. The number of rotatable bonds is 6. The number of hydrogen-bond acceptors (Lipinski definition) is 4. The summed E-state index contributed by atoms with van der Waals surface area (Å²) in [5.41, 5.74) is 1.44. The molecule has 4 nitrogen and oxygen atoms in total. The Bertz CT molecular complexity index is 1370. The number of carboxylic acids is 1. The molecule has 0 aliphatic carbocycles. The van der Waals surface area contributed by atoms with Crippen LogP contribution < -0.4 is 39.4 Å². The van der Waals surface area contributed by atoms with Crippen LogP contribution in [0.25, 0.3) is 22.4 Å². The molecule has 0 bridgehead atoms. The number of hydrogen-bond donors (Lipinski definition) is 0. The van der Waals surface area contributed by atoms with Gasteiger partial charge in [-0.25, -0.2) is 18.2 Å². The Balaban J connectivity index is 0.00000324. The van der Waals surface area contributed by atoms with E-state index in [9.17, 15) is 23.1 Å². The van der Waals surface area contributed by atoms with Gasteiger partial charge in [0.15, 0.2) is 11.6 Å². The normalized spacial score (nSPS) is 10.5.